The Morgan fingerprint density at radius 1 is 0.861 bits per heavy atom. The monoisotopic (exact) mass is 542 g/mol. The van der Waals surface area contributed by atoms with Crippen LogP contribution in [0, 0.1) is 0 Å². The van der Waals surface area contributed by atoms with E-state index >= 15 is 0 Å². The molecule has 0 saturated heterocycles. The SMILES string of the molecule is CC(C)(C)NC(=O)[C@H](Cc1ccccc1)N(Cc1ccccc1)C(=O)CSCc1c(Cl)cccc1Cl. The summed E-state index contributed by atoms with van der Waals surface area (Å²) in [6.07, 6.45) is 0.419. The molecule has 36 heavy (non-hydrogen) atoms. The highest BCUT2D eigenvalue weighted by Crippen LogP contribution is 2.28. The second-order valence-electron chi connectivity index (χ2n) is 9.65. The summed E-state index contributed by atoms with van der Waals surface area (Å²) < 4.78 is 0. The van der Waals surface area contributed by atoms with Gasteiger partial charge in [-0.25, -0.2) is 0 Å². The van der Waals surface area contributed by atoms with Crippen LogP contribution in [0.5, 0.6) is 0 Å². The molecule has 3 rings (SSSR count). The number of carbonyl (C=O) groups is 2. The quantitative estimate of drug-likeness (QED) is 0.307. The lowest BCUT2D eigenvalue weighted by atomic mass is 10.0. The van der Waals surface area contributed by atoms with Crippen molar-refractivity contribution in [1.82, 2.24) is 10.2 Å². The average molecular weight is 544 g/mol. The van der Waals surface area contributed by atoms with Gasteiger partial charge < -0.3 is 10.2 Å². The van der Waals surface area contributed by atoms with Gasteiger partial charge in [0.15, 0.2) is 0 Å². The van der Waals surface area contributed by atoms with Crippen molar-refractivity contribution in [1.29, 1.82) is 0 Å². The van der Waals surface area contributed by atoms with E-state index < -0.39 is 11.6 Å². The van der Waals surface area contributed by atoms with Crippen molar-refractivity contribution < 1.29 is 9.59 Å². The second kappa shape index (κ2) is 13.2. The number of hydrogen-bond acceptors (Lipinski definition) is 3. The molecule has 0 unspecified atom stereocenters. The van der Waals surface area contributed by atoms with E-state index in [-0.39, 0.29) is 17.6 Å². The number of hydrogen-bond donors (Lipinski definition) is 1. The molecule has 0 spiro atoms. The van der Waals surface area contributed by atoms with E-state index in [9.17, 15) is 9.59 Å². The summed E-state index contributed by atoms with van der Waals surface area (Å²) in [5, 5.41) is 4.24. The van der Waals surface area contributed by atoms with Gasteiger partial charge in [0.2, 0.25) is 11.8 Å². The molecule has 0 aliphatic carbocycles. The topological polar surface area (TPSA) is 49.4 Å². The first-order valence-corrected chi connectivity index (χ1v) is 13.7. The number of rotatable bonds is 10. The molecular weight excluding hydrogens is 511 g/mol. The Balaban J connectivity index is 1.86. The molecule has 0 heterocycles. The summed E-state index contributed by atoms with van der Waals surface area (Å²) in [5.74, 6) is 0.412. The molecule has 0 saturated carbocycles. The van der Waals surface area contributed by atoms with Crippen molar-refractivity contribution in [3.63, 3.8) is 0 Å². The molecule has 3 aromatic carbocycles. The molecule has 0 aliphatic heterocycles. The van der Waals surface area contributed by atoms with Gasteiger partial charge in [-0.15, -0.1) is 11.8 Å². The molecule has 0 aromatic heterocycles. The van der Waals surface area contributed by atoms with Crippen LogP contribution in [-0.2, 0) is 28.3 Å². The van der Waals surface area contributed by atoms with Crippen molar-refractivity contribution in [2.24, 2.45) is 0 Å². The average Bonchev–Trinajstić information content (AvgIpc) is 2.83. The number of benzene rings is 3. The van der Waals surface area contributed by atoms with Crippen LogP contribution in [0.3, 0.4) is 0 Å². The zero-order valence-corrected chi connectivity index (χ0v) is 23.2. The molecule has 0 fully saturated rings. The Bertz CT molecular complexity index is 1130. The van der Waals surface area contributed by atoms with Crippen molar-refractivity contribution in [2.75, 3.05) is 5.75 Å². The molecule has 2 amide bonds. The fourth-order valence-corrected chi connectivity index (χ4v) is 5.43. The van der Waals surface area contributed by atoms with Gasteiger partial charge in [-0.3, -0.25) is 9.59 Å². The lowest BCUT2D eigenvalue weighted by molar-refractivity contribution is -0.140. The number of halogens is 2. The molecule has 3 aromatic rings. The number of carbonyl (C=O) groups excluding carboxylic acids is 2. The predicted octanol–water partition coefficient (Wildman–Crippen LogP) is 6.78. The maximum Gasteiger partial charge on any atom is 0.243 e. The van der Waals surface area contributed by atoms with Crippen LogP contribution < -0.4 is 5.32 Å². The lowest BCUT2D eigenvalue weighted by Gasteiger charge is -2.34. The first-order chi connectivity index (χ1) is 17.1. The zero-order chi connectivity index (χ0) is 26.1. The van der Waals surface area contributed by atoms with E-state index in [1.165, 1.54) is 11.8 Å². The van der Waals surface area contributed by atoms with Crippen LogP contribution in [0.1, 0.15) is 37.5 Å². The molecule has 7 heteroatoms. The minimum Gasteiger partial charge on any atom is -0.350 e. The normalized spacial score (nSPS) is 12.1. The van der Waals surface area contributed by atoms with Crippen molar-refractivity contribution in [3.05, 3.63) is 106 Å². The molecule has 4 nitrogen and oxygen atoms in total. The van der Waals surface area contributed by atoms with Crippen LogP contribution in [0.15, 0.2) is 78.9 Å². The van der Waals surface area contributed by atoms with Crippen molar-refractivity contribution >= 4 is 46.8 Å². The van der Waals surface area contributed by atoms with Gasteiger partial charge in [0, 0.05) is 34.3 Å². The van der Waals surface area contributed by atoms with Crippen LogP contribution in [-0.4, -0.2) is 34.0 Å². The maximum absolute atomic E-state index is 13.7. The largest absolute Gasteiger partial charge is 0.350 e. The summed E-state index contributed by atoms with van der Waals surface area (Å²) in [6, 6.07) is 24.3. The number of thioether (sulfide) groups is 1. The molecule has 0 radical (unpaired) electrons. The Kier molecular flexibility index (Phi) is 10.3. The standard InChI is InChI=1S/C29H32Cl2N2O2S/c1-29(2,3)32-28(35)26(17-21-11-6-4-7-12-21)33(18-22-13-8-5-9-14-22)27(34)20-36-19-23-24(30)15-10-16-25(23)31/h4-16,26H,17-20H2,1-3H3,(H,32,35)/t26-/m0/s1. The van der Waals surface area contributed by atoms with Crippen LogP contribution >= 0.6 is 35.0 Å². The van der Waals surface area contributed by atoms with Gasteiger partial charge in [0.05, 0.1) is 5.75 Å². The molecule has 1 N–H and O–H groups in total. The predicted molar refractivity (Wildman–Crippen MR) is 151 cm³/mol. The number of nitrogens with zero attached hydrogens (tertiary/aromatic N) is 1. The minimum absolute atomic E-state index is 0.114. The van der Waals surface area contributed by atoms with Gasteiger partial charge in [-0.2, -0.15) is 0 Å². The van der Waals surface area contributed by atoms with Gasteiger partial charge in [0.25, 0.3) is 0 Å². The Morgan fingerprint density at radius 2 is 1.42 bits per heavy atom. The van der Waals surface area contributed by atoms with Crippen LogP contribution in [0.4, 0.5) is 0 Å². The van der Waals surface area contributed by atoms with Gasteiger partial charge in [-0.1, -0.05) is 89.9 Å². The van der Waals surface area contributed by atoms with E-state index in [0.717, 1.165) is 16.7 Å². The van der Waals surface area contributed by atoms with Crippen LogP contribution in [0.25, 0.3) is 0 Å². The summed E-state index contributed by atoms with van der Waals surface area (Å²) in [7, 11) is 0. The molecular formula is C29H32Cl2N2O2S. The van der Waals surface area contributed by atoms with Gasteiger partial charge in [-0.05, 0) is 49.6 Å². The third-order valence-electron chi connectivity index (χ3n) is 5.50. The molecule has 0 aliphatic rings. The molecule has 0 bridgehead atoms. The summed E-state index contributed by atoms with van der Waals surface area (Å²) in [4.78, 5) is 28.9. The summed E-state index contributed by atoms with van der Waals surface area (Å²) in [6.45, 7) is 6.16. The Morgan fingerprint density at radius 3 is 1.97 bits per heavy atom. The van der Waals surface area contributed by atoms with Gasteiger partial charge >= 0.3 is 0 Å². The highest BCUT2D eigenvalue weighted by molar-refractivity contribution is 7.99. The Hall–Kier alpha value is -2.47. The molecule has 190 valence electrons. The highest BCUT2D eigenvalue weighted by atomic mass is 35.5. The summed E-state index contributed by atoms with van der Waals surface area (Å²) >= 11 is 14.1. The maximum atomic E-state index is 13.7. The third-order valence-corrected chi connectivity index (χ3v) is 7.15. The highest BCUT2D eigenvalue weighted by Gasteiger charge is 2.32. The van der Waals surface area contributed by atoms with Crippen molar-refractivity contribution in [2.45, 2.75) is 51.1 Å². The number of nitrogens with one attached hydrogen (secondary N) is 1. The zero-order valence-electron chi connectivity index (χ0n) is 20.8. The third kappa shape index (κ3) is 8.58. The van der Waals surface area contributed by atoms with Gasteiger partial charge in [0.1, 0.15) is 6.04 Å². The van der Waals surface area contributed by atoms with E-state index in [0.29, 0.717) is 28.8 Å². The van der Waals surface area contributed by atoms with Crippen LogP contribution in [0.2, 0.25) is 10.0 Å². The lowest BCUT2D eigenvalue weighted by Crippen LogP contribution is -2.54. The Labute approximate surface area is 228 Å². The van der Waals surface area contributed by atoms with E-state index in [2.05, 4.69) is 5.32 Å². The smallest absolute Gasteiger partial charge is 0.243 e. The minimum atomic E-state index is -0.663. The van der Waals surface area contributed by atoms with E-state index in [1.54, 1.807) is 23.1 Å². The first-order valence-electron chi connectivity index (χ1n) is 11.8. The van der Waals surface area contributed by atoms with E-state index in [1.807, 2.05) is 81.4 Å². The number of amides is 2. The fraction of sp³-hybridized carbons (Fsp3) is 0.310. The van der Waals surface area contributed by atoms with Crippen molar-refractivity contribution in [3.8, 4) is 0 Å². The molecule has 1 atom stereocenters. The first kappa shape index (κ1) is 28.1. The fourth-order valence-electron chi connectivity index (χ4n) is 3.78. The second-order valence-corrected chi connectivity index (χ2v) is 11.4. The summed E-state index contributed by atoms with van der Waals surface area (Å²) in [5.41, 5.74) is 2.34. The van der Waals surface area contributed by atoms with E-state index in [4.69, 9.17) is 23.2 Å².